The smallest absolute Gasteiger partial charge is 0.415 e. The van der Waals surface area contributed by atoms with Crippen molar-refractivity contribution in [2.24, 2.45) is 0 Å². The van der Waals surface area contributed by atoms with E-state index < -0.39 is 46.3 Å². The van der Waals surface area contributed by atoms with Gasteiger partial charge in [-0.05, 0) is 6.07 Å². The van der Waals surface area contributed by atoms with E-state index in [2.05, 4.69) is 9.47 Å². The number of ether oxygens (including phenoxy) is 2. The molecule has 2 heterocycles. The van der Waals surface area contributed by atoms with Crippen molar-refractivity contribution in [3.8, 4) is 0 Å². The van der Waals surface area contributed by atoms with Crippen molar-refractivity contribution in [3.05, 3.63) is 15.3 Å². The third-order valence-corrected chi connectivity index (χ3v) is 6.31. The summed E-state index contributed by atoms with van der Waals surface area (Å²) < 4.78 is 73.0. The predicted octanol–water partition coefficient (Wildman–Crippen LogP) is 2.14. The van der Waals surface area contributed by atoms with E-state index in [4.69, 9.17) is 11.6 Å². The molecular formula is C11H11ClF3NO5S2. The van der Waals surface area contributed by atoms with Crippen molar-refractivity contribution in [2.45, 2.75) is 17.2 Å². The zero-order valence-corrected chi connectivity index (χ0v) is 14.0. The molecule has 0 aromatic carbocycles. The Labute approximate surface area is 138 Å². The zero-order chi connectivity index (χ0) is 17.4. The largest absolute Gasteiger partial charge is 0.465 e. The SMILES string of the molecule is COC(=O)c1sc(Cl)cc1S(=O)(=O)N1CCO[C@H](C(F)(F)F)C1. The number of hydrogen-bond donors (Lipinski definition) is 0. The van der Waals surface area contributed by atoms with E-state index in [-0.39, 0.29) is 15.8 Å². The van der Waals surface area contributed by atoms with Gasteiger partial charge in [0, 0.05) is 13.1 Å². The second-order valence-electron chi connectivity index (χ2n) is 4.50. The van der Waals surface area contributed by atoms with Crippen molar-refractivity contribution in [3.63, 3.8) is 0 Å². The van der Waals surface area contributed by atoms with Crippen LogP contribution in [-0.2, 0) is 19.5 Å². The van der Waals surface area contributed by atoms with Crippen LogP contribution < -0.4 is 0 Å². The number of sulfonamides is 1. The fourth-order valence-corrected chi connectivity index (χ4v) is 5.08. The van der Waals surface area contributed by atoms with Crippen LogP contribution in [0.25, 0.3) is 0 Å². The van der Waals surface area contributed by atoms with Gasteiger partial charge in [-0.2, -0.15) is 17.5 Å². The fraction of sp³-hybridized carbons (Fsp3) is 0.545. The molecule has 1 aromatic heterocycles. The van der Waals surface area contributed by atoms with Crippen molar-refractivity contribution in [2.75, 3.05) is 26.8 Å². The van der Waals surface area contributed by atoms with Crippen LogP contribution in [-0.4, -0.2) is 57.8 Å². The van der Waals surface area contributed by atoms with Crippen molar-refractivity contribution in [1.29, 1.82) is 0 Å². The molecule has 0 aliphatic carbocycles. The van der Waals surface area contributed by atoms with Gasteiger partial charge in [0.2, 0.25) is 10.0 Å². The highest BCUT2D eigenvalue weighted by Gasteiger charge is 2.46. The lowest BCUT2D eigenvalue weighted by Gasteiger charge is -2.32. The third-order valence-electron chi connectivity index (χ3n) is 3.05. The van der Waals surface area contributed by atoms with Gasteiger partial charge in [0.1, 0.15) is 9.77 Å². The Balaban J connectivity index is 2.37. The first-order valence-corrected chi connectivity index (χ1v) is 8.77. The van der Waals surface area contributed by atoms with Crippen LogP contribution in [0.2, 0.25) is 4.34 Å². The Hall–Kier alpha value is -0.880. The van der Waals surface area contributed by atoms with Crippen LogP contribution in [0.3, 0.4) is 0 Å². The first kappa shape index (κ1) is 18.5. The number of halogens is 4. The molecule has 0 N–H and O–H groups in total. The first-order chi connectivity index (χ1) is 10.6. The van der Waals surface area contributed by atoms with Gasteiger partial charge in [-0.3, -0.25) is 0 Å². The number of rotatable bonds is 3. The van der Waals surface area contributed by atoms with Crippen molar-refractivity contribution in [1.82, 2.24) is 4.31 Å². The summed E-state index contributed by atoms with van der Waals surface area (Å²) in [6.45, 7) is -1.56. The maximum absolute atomic E-state index is 12.7. The molecule has 1 atom stereocenters. The summed E-state index contributed by atoms with van der Waals surface area (Å²) in [5, 5.41) is 0. The molecule has 130 valence electrons. The normalized spacial score (nSPS) is 20.5. The van der Waals surface area contributed by atoms with Crippen LogP contribution in [0.1, 0.15) is 9.67 Å². The summed E-state index contributed by atoms with van der Waals surface area (Å²) in [6.07, 6.45) is -6.91. The Morgan fingerprint density at radius 3 is 2.74 bits per heavy atom. The number of alkyl halides is 3. The lowest BCUT2D eigenvalue weighted by Crippen LogP contribution is -2.51. The molecule has 1 aliphatic heterocycles. The minimum Gasteiger partial charge on any atom is -0.465 e. The molecule has 1 fully saturated rings. The summed E-state index contributed by atoms with van der Waals surface area (Å²) in [7, 11) is -3.29. The molecular weight excluding hydrogens is 383 g/mol. The van der Waals surface area contributed by atoms with Gasteiger partial charge in [-0.25, -0.2) is 13.2 Å². The van der Waals surface area contributed by atoms with E-state index in [1.165, 1.54) is 0 Å². The van der Waals surface area contributed by atoms with E-state index >= 15 is 0 Å². The van der Waals surface area contributed by atoms with Crippen molar-refractivity contribution < 1.29 is 35.9 Å². The predicted molar refractivity (Wildman–Crippen MR) is 75.2 cm³/mol. The molecule has 0 saturated carbocycles. The average Bonchev–Trinajstić information content (AvgIpc) is 2.88. The molecule has 1 aromatic rings. The van der Waals surface area contributed by atoms with Gasteiger partial charge in [-0.15, -0.1) is 11.3 Å². The van der Waals surface area contributed by atoms with E-state index in [0.717, 1.165) is 13.2 Å². The maximum Gasteiger partial charge on any atom is 0.415 e. The van der Waals surface area contributed by atoms with Crippen LogP contribution in [0.5, 0.6) is 0 Å². The van der Waals surface area contributed by atoms with Gasteiger partial charge in [0.05, 0.1) is 18.1 Å². The second-order valence-corrected chi connectivity index (χ2v) is 8.09. The van der Waals surface area contributed by atoms with Gasteiger partial charge in [0.25, 0.3) is 0 Å². The number of morpholine rings is 1. The molecule has 0 radical (unpaired) electrons. The average molecular weight is 394 g/mol. The Morgan fingerprint density at radius 1 is 1.52 bits per heavy atom. The molecule has 0 spiro atoms. The summed E-state index contributed by atoms with van der Waals surface area (Å²) in [5.74, 6) is -0.930. The molecule has 0 unspecified atom stereocenters. The minimum atomic E-state index is -4.69. The van der Waals surface area contributed by atoms with Gasteiger partial charge in [-0.1, -0.05) is 11.6 Å². The third kappa shape index (κ3) is 3.79. The summed E-state index contributed by atoms with van der Waals surface area (Å²) in [6, 6.07) is 1.02. The molecule has 1 aliphatic rings. The lowest BCUT2D eigenvalue weighted by atomic mass is 10.3. The molecule has 23 heavy (non-hydrogen) atoms. The number of carbonyl (C=O) groups excluding carboxylic acids is 1. The van der Waals surface area contributed by atoms with Crippen LogP contribution in [0.4, 0.5) is 13.2 Å². The monoisotopic (exact) mass is 393 g/mol. The van der Waals surface area contributed by atoms with Gasteiger partial charge >= 0.3 is 12.1 Å². The van der Waals surface area contributed by atoms with Crippen LogP contribution in [0, 0.1) is 0 Å². The number of hydrogen-bond acceptors (Lipinski definition) is 6. The summed E-state index contributed by atoms with van der Waals surface area (Å²) in [5.41, 5.74) is 0. The highest BCUT2D eigenvalue weighted by atomic mass is 35.5. The molecule has 2 rings (SSSR count). The van der Waals surface area contributed by atoms with Crippen LogP contribution in [0.15, 0.2) is 11.0 Å². The summed E-state index contributed by atoms with van der Waals surface area (Å²) >= 11 is 6.41. The fourth-order valence-electron chi connectivity index (χ4n) is 1.95. The molecule has 12 heteroatoms. The topological polar surface area (TPSA) is 72.9 Å². The molecule has 6 nitrogen and oxygen atoms in total. The highest BCUT2D eigenvalue weighted by molar-refractivity contribution is 7.89. The Kier molecular flexibility index (Phi) is 5.26. The zero-order valence-electron chi connectivity index (χ0n) is 11.6. The highest BCUT2D eigenvalue weighted by Crippen LogP contribution is 2.34. The van der Waals surface area contributed by atoms with Crippen molar-refractivity contribution >= 4 is 38.9 Å². The lowest BCUT2D eigenvalue weighted by molar-refractivity contribution is -0.231. The number of nitrogens with zero attached hydrogens (tertiary/aromatic N) is 1. The van der Waals surface area contributed by atoms with E-state index in [1.54, 1.807) is 0 Å². The quantitative estimate of drug-likeness (QED) is 0.736. The Bertz CT molecular complexity index is 703. The standard InChI is InChI=1S/C11H11ClF3NO5S2/c1-20-10(17)9-6(4-8(12)22-9)23(18,19)16-2-3-21-7(5-16)11(13,14)15/h4,7H,2-3,5H2,1H3/t7-/m0/s1. The second kappa shape index (κ2) is 6.55. The number of carbonyl (C=O) groups is 1. The van der Waals surface area contributed by atoms with Crippen LogP contribution >= 0.6 is 22.9 Å². The first-order valence-electron chi connectivity index (χ1n) is 6.13. The minimum absolute atomic E-state index is 0.00426. The van der Waals surface area contributed by atoms with E-state index in [0.29, 0.717) is 15.6 Å². The Morgan fingerprint density at radius 2 is 2.17 bits per heavy atom. The maximum atomic E-state index is 12.7. The van der Waals surface area contributed by atoms with E-state index in [1.807, 2.05) is 0 Å². The number of methoxy groups -OCH3 is 1. The van der Waals surface area contributed by atoms with E-state index in [9.17, 15) is 26.4 Å². The number of thiophene rings is 1. The molecule has 0 bridgehead atoms. The number of esters is 1. The van der Waals surface area contributed by atoms with Gasteiger partial charge in [0.15, 0.2) is 6.10 Å². The van der Waals surface area contributed by atoms with Gasteiger partial charge < -0.3 is 9.47 Å². The molecule has 1 saturated heterocycles. The summed E-state index contributed by atoms with van der Waals surface area (Å²) in [4.78, 5) is 10.9. The molecule has 0 amide bonds.